The lowest BCUT2D eigenvalue weighted by molar-refractivity contribution is -0.161. The quantitative estimate of drug-likeness (QED) is 0.399. The molecule has 1 aromatic heterocycles. The van der Waals surface area contributed by atoms with E-state index in [0.29, 0.717) is 16.5 Å². The van der Waals surface area contributed by atoms with Crippen LogP contribution in [0.3, 0.4) is 0 Å². The second-order valence-electron chi connectivity index (χ2n) is 11.2. The van der Waals surface area contributed by atoms with Crippen LogP contribution in [0.2, 0.25) is 0 Å². The number of halogens is 2. The van der Waals surface area contributed by atoms with E-state index in [1.807, 2.05) is 0 Å². The smallest absolute Gasteiger partial charge is 0.337 e. The molecular weight excluding hydrogens is 546 g/mol. The molecule has 4 heterocycles. The van der Waals surface area contributed by atoms with Gasteiger partial charge < -0.3 is 15.2 Å². The van der Waals surface area contributed by atoms with Crippen LogP contribution in [0.5, 0.6) is 0 Å². The minimum absolute atomic E-state index is 0.0156. The number of carbonyl (C=O) groups excluding carboxylic acids is 2. The first-order chi connectivity index (χ1) is 18.8. The maximum atomic E-state index is 15.7. The first-order valence-corrected chi connectivity index (χ1v) is 14.2. The molecule has 1 amide bonds. The molecule has 1 aromatic rings. The number of hydrogen-bond acceptors (Lipinski definition) is 10. The van der Waals surface area contributed by atoms with Crippen LogP contribution in [0.25, 0.3) is 0 Å². The lowest BCUT2D eigenvalue weighted by Gasteiger charge is -2.36. The highest BCUT2D eigenvalue weighted by atomic mass is 32.1. The first-order valence-electron chi connectivity index (χ1n) is 13.3. The van der Waals surface area contributed by atoms with Crippen LogP contribution in [-0.2, 0) is 19.1 Å². The number of hydrogen-bond donors (Lipinski definition) is 2. The molecule has 0 aromatic carbocycles. The molecule has 2 fully saturated rings. The van der Waals surface area contributed by atoms with Crippen LogP contribution in [-0.4, -0.2) is 106 Å². The van der Waals surface area contributed by atoms with E-state index in [1.54, 1.807) is 37.2 Å². The number of ether oxygens (including phenoxy) is 1. The third-order valence-electron chi connectivity index (χ3n) is 7.51. The monoisotopic (exact) mass is 582 g/mol. The average Bonchev–Trinajstić information content (AvgIpc) is 3.60. The Kier molecular flexibility index (Phi) is 8.62. The Balaban J connectivity index is 1.64. The van der Waals surface area contributed by atoms with Crippen molar-refractivity contribution in [2.75, 3.05) is 39.3 Å². The van der Waals surface area contributed by atoms with Crippen molar-refractivity contribution in [3.63, 3.8) is 0 Å². The zero-order valence-electron chi connectivity index (χ0n) is 23.3. The Labute approximate surface area is 235 Å². The second-order valence-corrected chi connectivity index (χ2v) is 12.1. The number of nitrogens with one attached hydrogen (secondary N) is 1. The molecule has 0 spiro atoms. The summed E-state index contributed by atoms with van der Waals surface area (Å²) in [6.07, 6.45) is 1.70. The van der Waals surface area contributed by atoms with E-state index in [4.69, 9.17) is 4.74 Å². The van der Waals surface area contributed by atoms with Crippen LogP contribution in [0.15, 0.2) is 27.8 Å². The first kappa shape index (κ1) is 30.0. The molecule has 40 heavy (non-hydrogen) atoms. The molecule has 4 rings (SSSR count). The SMILES string of the molecule is CCOC(=O)C1=C(CN2CC(F)(F)C3C2CN(C(=O)C(C)C)N3CCC(C)(C)C(=O)O)NC(c2nccs2)=NC1. The molecule has 11 nitrogen and oxygen atoms in total. The molecule has 3 aliphatic rings. The molecule has 14 heteroatoms. The van der Waals surface area contributed by atoms with Crippen molar-refractivity contribution in [1.82, 2.24) is 25.2 Å². The summed E-state index contributed by atoms with van der Waals surface area (Å²) < 4.78 is 36.7. The number of aliphatic carboxylic acids is 1. The summed E-state index contributed by atoms with van der Waals surface area (Å²) in [5, 5.41) is 17.8. The largest absolute Gasteiger partial charge is 0.481 e. The van der Waals surface area contributed by atoms with Crippen molar-refractivity contribution in [3.05, 3.63) is 27.9 Å². The van der Waals surface area contributed by atoms with Crippen LogP contribution in [0.1, 0.15) is 46.0 Å². The topological polar surface area (TPSA) is 128 Å². The predicted octanol–water partition coefficient (Wildman–Crippen LogP) is 2.21. The summed E-state index contributed by atoms with van der Waals surface area (Å²) in [4.78, 5) is 47.9. The van der Waals surface area contributed by atoms with Gasteiger partial charge in [-0.2, -0.15) is 0 Å². The van der Waals surface area contributed by atoms with Crippen molar-refractivity contribution in [2.45, 2.75) is 59.0 Å². The zero-order chi connectivity index (χ0) is 29.4. The van der Waals surface area contributed by atoms with Gasteiger partial charge in [-0.1, -0.05) is 13.8 Å². The highest BCUT2D eigenvalue weighted by molar-refractivity contribution is 7.11. The van der Waals surface area contributed by atoms with Gasteiger partial charge in [0, 0.05) is 36.3 Å². The van der Waals surface area contributed by atoms with Gasteiger partial charge in [-0.15, -0.1) is 11.3 Å². The number of aliphatic imine (C=N–C) groups is 1. The number of aromatic nitrogens is 1. The Bertz CT molecular complexity index is 1200. The number of alkyl halides is 2. The molecule has 0 bridgehead atoms. The molecule has 2 saturated heterocycles. The molecule has 220 valence electrons. The van der Waals surface area contributed by atoms with Crippen molar-refractivity contribution in [2.24, 2.45) is 16.3 Å². The summed E-state index contributed by atoms with van der Waals surface area (Å²) in [6, 6.07) is -2.08. The molecular formula is C26H36F2N6O5S. The molecule has 2 N–H and O–H groups in total. The fourth-order valence-electron chi connectivity index (χ4n) is 5.19. The number of carbonyl (C=O) groups is 3. The molecule has 0 saturated carbocycles. The number of amides is 1. The van der Waals surface area contributed by atoms with Crippen LogP contribution in [0, 0.1) is 11.3 Å². The number of rotatable bonds is 10. The van der Waals surface area contributed by atoms with Gasteiger partial charge in [-0.05, 0) is 27.2 Å². The number of hydrazine groups is 1. The van der Waals surface area contributed by atoms with Crippen LogP contribution >= 0.6 is 11.3 Å². The van der Waals surface area contributed by atoms with Gasteiger partial charge in [-0.3, -0.25) is 24.5 Å². The third-order valence-corrected chi connectivity index (χ3v) is 8.29. The van der Waals surface area contributed by atoms with Gasteiger partial charge in [0.1, 0.15) is 6.04 Å². The molecule has 3 aliphatic heterocycles. The van der Waals surface area contributed by atoms with E-state index in [1.165, 1.54) is 35.2 Å². The van der Waals surface area contributed by atoms with Crippen molar-refractivity contribution in [1.29, 1.82) is 0 Å². The lowest BCUT2D eigenvalue weighted by atomic mass is 9.89. The van der Waals surface area contributed by atoms with Crippen LogP contribution in [0.4, 0.5) is 8.78 Å². The Morgan fingerprint density at radius 1 is 1.32 bits per heavy atom. The predicted molar refractivity (Wildman–Crippen MR) is 144 cm³/mol. The van der Waals surface area contributed by atoms with Gasteiger partial charge in [0.25, 0.3) is 5.92 Å². The molecule has 0 radical (unpaired) electrons. The Morgan fingerprint density at radius 3 is 2.65 bits per heavy atom. The molecule has 2 atom stereocenters. The lowest BCUT2D eigenvalue weighted by Crippen LogP contribution is -2.53. The minimum Gasteiger partial charge on any atom is -0.481 e. The molecule has 0 aliphatic carbocycles. The summed E-state index contributed by atoms with van der Waals surface area (Å²) in [5.74, 6) is -5.11. The van der Waals surface area contributed by atoms with Crippen LogP contribution < -0.4 is 5.32 Å². The van der Waals surface area contributed by atoms with Crippen molar-refractivity contribution in [3.8, 4) is 0 Å². The van der Waals surface area contributed by atoms with Gasteiger partial charge in [0.2, 0.25) is 5.91 Å². The number of nitrogens with zero attached hydrogens (tertiary/aromatic N) is 5. The number of thiazole rings is 1. The van der Waals surface area contributed by atoms with Gasteiger partial charge in [0.05, 0.1) is 43.3 Å². The summed E-state index contributed by atoms with van der Waals surface area (Å²) in [6.45, 7) is 7.74. The summed E-state index contributed by atoms with van der Waals surface area (Å²) >= 11 is 1.36. The van der Waals surface area contributed by atoms with Gasteiger partial charge >= 0.3 is 11.9 Å². The number of carboxylic acids is 1. The number of carboxylic acid groups (broad SMARTS) is 1. The van der Waals surface area contributed by atoms with E-state index in [2.05, 4.69) is 15.3 Å². The number of esters is 1. The van der Waals surface area contributed by atoms with E-state index in [-0.39, 0.29) is 50.7 Å². The van der Waals surface area contributed by atoms with E-state index >= 15 is 8.78 Å². The fraction of sp³-hybridized carbons (Fsp3) is 0.654. The number of fused-ring (bicyclic) bond motifs is 1. The number of amidine groups is 1. The van der Waals surface area contributed by atoms with E-state index in [0.717, 1.165) is 0 Å². The zero-order valence-corrected chi connectivity index (χ0v) is 24.1. The highest BCUT2D eigenvalue weighted by Crippen LogP contribution is 2.42. The summed E-state index contributed by atoms with van der Waals surface area (Å²) in [5.41, 5.74) is -0.501. The minimum atomic E-state index is -3.20. The highest BCUT2D eigenvalue weighted by Gasteiger charge is 2.62. The standard InChI is InChI=1S/C26H36F2N6O5S/c1-6-39-23(36)16-11-30-20(21-29-8-10-40-21)31-17(16)12-32-14-26(27,28)19-18(32)13-34(22(35)15(2)3)33(19)9-7-25(4,5)24(37)38/h8,10,15,18-19H,6-7,9,11-14H2,1-5H3,(H,30,31)(H,37,38). The molecule has 2 unspecified atom stereocenters. The Morgan fingerprint density at radius 2 is 2.05 bits per heavy atom. The van der Waals surface area contributed by atoms with Gasteiger partial charge in [-0.25, -0.2) is 23.6 Å². The maximum absolute atomic E-state index is 15.7. The van der Waals surface area contributed by atoms with Gasteiger partial charge in [0.15, 0.2) is 10.8 Å². The normalized spacial score (nSPS) is 23.3. The second kappa shape index (κ2) is 11.5. The maximum Gasteiger partial charge on any atom is 0.337 e. The number of likely N-dealkylation sites (tertiary alicyclic amines) is 1. The van der Waals surface area contributed by atoms with E-state index in [9.17, 15) is 19.5 Å². The van der Waals surface area contributed by atoms with Crippen molar-refractivity contribution < 1.29 is 33.0 Å². The van der Waals surface area contributed by atoms with Crippen molar-refractivity contribution >= 4 is 35.0 Å². The Hall–Kier alpha value is -2.97. The fourth-order valence-corrected chi connectivity index (χ4v) is 5.79. The summed E-state index contributed by atoms with van der Waals surface area (Å²) in [7, 11) is 0. The van der Waals surface area contributed by atoms with E-state index < -0.39 is 47.8 Å². The third kappa shape index (κ3) is 5.88. The average molecular weight is 583 g/mol.